The van der Waals surface area contributed by atoms with Crippen molar-refractivity contribution >= 4 is 10.0 Å². The molecule has 1 aromatic rings. The highest BCUT2D eigenvalue weighted by molar-refractivity contribution is 7.89. The van der Waals surface area contributed by atoms with Crippen LogP contribution in [-0.4, -0.2) is 57.5 Å². The van der Waals surface area contributed by atoms with Crippen LogP contribution in [-0.2, 0) is 16.6 Å². The number of methoxy groups -OCH3 is 1. The van der Waals surface area contributed by atoms with Crippen LogP contribution < -0.4 is 10.5 Å². The summed E-state index contributed by atoms with van der Waals surface area (Å²) in [6.07, 6.45) is 0. The van der Waals surface area contributed by atoms with Gasteiger partial charge < -0.3 is 15.4 Å². The minimum absolute atomic E-state index is 0.215. The van der Waals surface area contributed by atoms with Crippen LogP contribution in [0.1, 0.15) is 12.5 Å². The lowest BCUT2D eigenvalue weighted by atomic mass is 10.2. The van der Waals surface area contributed by atoms with Crippen molar-refractivity contribution in [2.45, 2.75) is 18.4 Å². The topological polar surface area (TPSA) is 75.9 Å². The first-order valence-corrected chi connectivity index (χ1v) is 8.56. The molecule has 0 aromatic heterocycles. The molecule has 1 heterocycles. The summed E-state index contributed by atoms with van der Waals surface area (Å²) in [5.41, 5.74) is 6.43. The summed E-state index contributed by atoms with van der Waals surface area (Å²) in [7, 11) is -2.04. The molecule has 118 valence electrons. The lowest BCUT2D eigenvalue weighted by Crippen LogP contribution is -2.48. The van der Waals surface area contributed by atoms with Gasteiger partial charge in [0, 0.05) is 32.7 Å². The Hall–Kier alpha value is -1.15. The zero-order valence-electron chi connectivity index (χ0n) is 12.6. The number of rotatable bonds is 5. The number of benzene rings is 1. The van der Waals surface area contributed by atoms with E-state index >= 15 is 0 Å². The Bertz CT molecular complexity index is 581. The molecule has 21 heavy (non-hydrogen) atoms. The third-order valence-electron chi connectivity index (χ3n) is 3.86. The third-order valence-corrected chi connectivity index (χ3v) is 5.80. The van der Waals surface area contributed by atoms with Crippen molar-refractivity contribution in [3.05, 3.63) is 23.8 Å². The summed E-state index contributed by atoms with van der Waals surface area (Å²) in [5, 5.41) is 0. The van der Waals surface area contributed by atoms with Crippen LogP contribution in [0.4, 0.5) is 0 Å². The van der Waals surface area contributed by atoms with Crippen LogP contribution in [0.5, 0.6) is 5.75 Å². The van der Waals surface area contributed by atoms with E-state index in [2.05, 4.69) is 11.8 Å². The highest BCUT2D eigenvalue weighted by Gasteiger charge is 2.30. The molecule has 6 nitrogen and oxygen atoms in total. The van der Waals surface area contributed by atoms with E-state index in [1.807, 2.05) is 0 Å². The minimum Gasteiger partial charge on any atom is -0.495 e. The van der Waals surface area contributed by atoms with Gasteiger partial charge in [0.15, 0.2) is 0 Å². The zero-order valence-corrected chi connectivity index (χ0v) is 13.4. The van der Waals surface area contributed by atoms with Gasteiger partial charge in [0.25, 0.3) is 0 Å². The SMILES string of the molecule is CCN1CCN(S(=O)(=O)c2ccc(CN)cc2OC)CC1. The fourth-order valence-corrected chi connectivity index (χ4v) is 4.04. The van der Waals surface area contributed by atoms with Crippen molar-refractivity contribution < 1.29 is 13.2 Å². The molecule has 1 fully saturated rings. The summed E-state index contributed by atoms with van der Waals surface area (Å²) >= 11 is 0. The molecule has 0 saturated carbocycles. The Labute approximate surface area is 126 Å². The van der Waals surface area contributed by atoms with Crippen molar-refractivity contribution in [2.24, 2.45) is 5.73 Å². The summed E-state index contributed by atoms with van der Waals surface area (Å²) < 4.78 is 32.3. The molecule has 1 saturated heterocycles. The van der Waals surface area contributed by atoms with Gasteiger partial charge in [-0.25, -0.2) is 8.42 Å². The van der Waals surface area contributed by atoms with Gasteiger partial charge in [-0.15, -0.1) is 0 Å². The number of sulfonamides is 1. The molecule has 0 radical (unpaired) electrons. The molecule has 0 amide bonds. The number of hydrogen-bond donors (Lipinski definition) is 1. The van der Waals surface area contributed by atoms with Crippen molar-refractivity contribution in [1.29, 1.82) is 0 Å². The molecule has 0 aliphatic carbocycles. The molecule has 2 N–H and O–H groups in total. The monoisotopic (exact) mass is 313 g/mol. The Morgan fingerprint density at radius 3 is 2.43 bits per heavy atom. The molecule has 0 unspecified atom stereocenters. The van der Waals surface area contributed by atoms with Gasteiger partial charge in [-0.1, -0.05) is 13.0 Å². The molecule has 1 aliphatic rings. The number of nitrogens with zero attached hydrogens (tertiary/aromatic N) is 2. The van der Waals surface area contributed by atoms with Crippen LogP contribution in [0.3, 0.4) is 0 Å². The number of piperazine rings is 1. The predicted molar refractivity (Wildman–Crippen MR) is 81.8 cm³/mol. The van der Waals surface area contributed by atoms with Crippen molar-refractivity contribution in [2.75, 3.05) is 39.8 Å². The lowest BCUT2D eigenvalue weighted by Gasteiger charge is -2.33. The minimum atomic E-state index is -3.52. The standard InChI is InChI=1S/C14H23N3O3S/c1-3-16-6-8-17(9-7-16)21(18,19)14-5-4-12(11-15)10-13(14)20-2/h4-5,10H,3,6-9,11,15H2,1-2H3. The molecule has 2 rings (SSSR count). The fourth-order valence-electron chi connectivity index (χ4n) is 2.48. The van der Waals surface area contributed by atoms with Crippen LogP contribution in [0, 0.1) is 0 Å². The number of hydrogen-bond acceptors (Lipinski definition) is 5. The highest BCUT2D eigenvalue weighted by atomic mass is 32.2. The molecule has 0 atom stereocenters. The second-order valence-corrected chi connectivity index (χ2v) is 6.93. The average Bonchev–Trinajstić information content (AvgIpc) is 2.54. The van der Waals surface area contributed by atoms with Gasteiger partial charge in [0.2, 0.25) is 10.0 Å². The van der Waals surface area contributed by atoms with Crippen LogP contribution >= 0.6 is 0 Å². The molecule has 0 spiro atoms. The first kappa shape index (κ1) is 16.2. The van der Waals surface area contributed by atoms with E-state index in [1.165, 1.54) is 11.4 Å². The van der Waals surface area contributed by atoms with E-state index in [9.17, 15) is 8.42 Å². The Kier molecular flexibility index (Phi) is 5.21. The third kappa shape index (κ3) is 3.37. The van der Waals surface area contributed by atoms with Gasteiger partial charge >= 0.3 is 0 Å². The zero-order chi connectivity index (χ0) is 15.5. The average molecular weight is 313 g/mol. The van der Waals surface area contributed by atoms with E-state index in [-0.39, 0.29) is 4.90 Å². The van der Waals surface area contributed by atoms with E-state index in [0.717, 1.165) is 25.2 Å². The second-order valence-electron chi connectivity index (χ2n) is 5.03. The van der Waals surface area contributed by atoms with Gasteiger partial charge in [0.05, 0.1) is 7.11 Å². The van der Waals surface area contributed by atoms with Crippen LogP contribution in [0.2, 0.25) is 0 Å². The lowest BCUT2D eigenvalue weighted by molar-refractivity contribution is 0.196. The summed E-state index contributed by atoms with van der Waals surface area (Å²) in [5.74, 6) is 0.357. The van der Waals surface area contributed by atoms with Crippen molar-refractivity contribution in [3.8, 4) is 5.75 Å². The first-order chi connectivity index (χ1) is 10.0. The van der Waals surface area contributed by atoms with Gasteiger partial charge in [-0.3, -0.25) is 0 Å². The molecular formula is C14H23N3O3S. The largest absolute Gasteiger partial charge is 0.495 e. The fraction of sp³-hybridized carbons (Fsp3) is 0.571. The second kappa shape index (κ2) is 6.74. The van der Waals surface area contributed by atoms with Crippen molar-refractivity contribution in [3.63, 3.8) is 0 Å². The molecule has 7 heteroatoms. The normalized spacial score (nSPS) is 17.9. The van der Waals surface area contributed by atoms with E-state index in [4.69, 9.17) is 10.5 Å². The smallest absolute Gasteiger partial charge is 0.246 e. The maximum atomic E-state index is 12.8. The van der Waals surface area contributed by atoms with Gasteiger partial charge in [-0.05, 0) is 24.2 Å². The number of ether oxygens (including phenoxy) is 1. The number of nitrogens with two attached hydrogens (primary N) is 1. The maximum absolute atomic E-state index is 12.8. The quantitative estimate of drug-likeness (QED) is 0.856. The van der Waals surface area contributed by atoms with E-state index in [1.54, 1.807) is 18.2 Å². The number of likely N-dealkylation sites (N-methyl/N-ethyl adjacent to an activating group) is 1. The molecule has 1 aliphatic heterocycles. The Morgan fingerprint density at radius 2 is 1.90 bits per heavy atom. The summed E-state index contributed by atoms with van der Waals surface area (Å²) in [6, 6.07) is 5.01. The van der Waals surface area contributed by atoms with Crippen molar-refractivity contribution in [1.82, 2.24) is 9.21 Å². The molecule has 0 bridgehead atoms. The van der Waals surface area contributed by atoms with E-state index in [0.29, 0.717) is 25.4 Å². The summed E-state index contributed by atoms with van der Waals surface area (Å²) in [6.45, 7) is 5.93. The van der Waals surface area contributed by atoms with Crippen LogP contribution in [0.15, 0.2) is 23.1 Å². The molecular weight excluding hydrogens is 290 g/mol. The maximum Gasteiger partial charge on any atom is 0.246 e. The predicted octanol–water partition coefficient (Wildman–Crippen LogP) is 0.480. The highest BCUT2D eigenvalue weighted by Crippen LogP contribution is 2.28. The van der Waals surface area contributed by atoms with Gasteiger partial charge in [0.1, 0.15) is 10.6 Å². The Balaban J connectivity index is 2.27. The Morgan fingerprint density at radius 1 is 1.24 bits per heavy atom. The van der Waals surface area contributed by atoms with Crippen LogP contribution in [0.25, 0.3) is 0 Å². The molecule has 1 aromatic carbocycles. The first-order valence-electron chi connectivity index (χ1n) is 7.12. The van der Waals surface area contributed by atoms with Gasteiger partial charge in [-0.2, -0.15) is 4.31 Å². The summed E-state index contributed by atoms with van der Waals surface area (Å²) in [4.78, 5) is 2.45. The van der Waals surface area contributed by atoms with E-state index < -0.39 is 10.0 Å².